The van der Waals surface area contributed by atoms with Gasteiger partial charge in [-0.1, -0.05) is 30.3 Å². The van der Waals surface area contributed by atoms with Crippen LogP contribution in [0.5, 0.6) is 0 Å². The standard InChI is InChI=1S/C17H12FN3OS/c18-14-8-12(9-19-10-14)6-7-15(22)21-17-16(20-11-23-17)13-4-2-1-3-5-13/h1-11H,(H,21,22). The number of anilines is 1. The minimum Gasteiger partial charge on any atom is -0.312 e. The van der Waals surface area contributed by atoms with Gasteiger partial charge in [-0.2, -0.15) is 0 Å². The number of amides is 1. The van der Waals surface area contributed by atoms with Gasteiger partial charge in [0, 0.05) is 17.8 Å². The molecule has 3 aromatic rings. The van der Waals surface area contributed by atoms with Gasteiger partial charge in [0.2, 0.25) is 5.91 Å². The van der Waals surface area contributed by atoms with Crippen molar-refractivity contribution in [1.82, 2.24) is 9.97 Å². The number of hydrogen-bond acceptors (Lipinski definition) is 4. The van der Waals surface area contributed by atoms with Crippen molar-refractivity contribution in [2.24, 2.45) is 0 Å². The number of carbonyl (C=O) groups excluding carboxylic acids is 1. The predicted octanol–water partition coefficient (Wildman–Crippen LogP) is 4.00. The van der Waals surface area contributed by atoms with E-state index in [1.807, 2.05) is 30.3 Å². The van der Waals surface area contributed by atoms with Crippen LogP contribution in [0.1, 0.15) is 5.56 Å². The molecule has 1 amide bonds. The molecule has 0 aliphatic heterocycles. The maximum atomic E-state index is 13.0. The van der Waals surface area contributed by atoms with Gasteiger partial charge < -0.3 is 5.32 Å². The van der Waals surface area contributed by atoms with Crippen LogP contribution < -0.4 is 5.32 Å². The zero-order valence-corrected chi connectivity index (χ0v) is 12.8. The number of rotatable bonds is 4. The summed E-state index contributed by atoms with van der Waals surface area (Å²) in [4.78, 5) is 20.0. The van der Waals surface area contributed by atoms with Crippen molar-refractivity contribution in [2.75, 3.05) is 5.32 Å². The lowest BCUT2D eigenvalue weighted by molar-refractivity contribution is -0.111. The zero-order chi connectivity index (χ0) is 16.1. The van der Waals surface area contributed by atoms with E-state index in [0.717, 1.165) is 17.5 Å². The molecule has 0 bridgehead atoms. The quantitative estimate of drug-likeness (QED) is 0.738. The Balaban J connectivity index is 1.73. The van der Waals surface area contributed by atoms with Crippen molar-refractivity contribution in [3.63, 3.8) is 0 Å². The molecule has 0 atom stereocenters. The van der Waals surface area contributed by atoms with Crippen molar-refractivity contribution in [1.29, 1.82) is 0 Å². The number of carbonyl (C=O) groups is 1. The first-order valence-corrected chi connectivity index (χ1v) is 7.69. The Morgan fingerprint density at radius 3 is 2.83 bits per heavy atom. The molecule has 0 aliphatic carbocycles. The number of halogens is 1. The summed E-state index contributed by atoms with van der Waals surface area (Å²) in [5, 5.41) is 3.46. The summed E-state index contributed by atoms with van der Waals surface area (Å²) in [6.45, 7) is 0. The molecule has 0 fully saturated rings. The fourth-order valence-electron chi connectivity index (χ4n) is 1.98. The Labute approximate surface area is 136 Å². The highest BCUT2D eigenvalue weighted by Crippen LogP contribution is 2.30. The molecule has 1 N–H and O–H groups in total. The van der Waals surface area contributed by atoms with E-state index in [-0.39, 0.29) is 5.91 Å². The largest absolute Gasteiger partial charge is 0.312 e. The molecule has 0 unspecified atom stereocenters. The average Bonchev–Trinajstić information content (AvgIpc) is 3.02. The third kappa shape index (κ3) is 3.87. The Morgan fingerprint density at radius 2 is 2.04 bits per heavy atom. The lowest BCUT2D eigenvalue weighted by Crippen LogP contribution is -2.07. The highest BCUT2D eigenvalue weighted by Gasteiger charge is 2.10. The molecule has 2 aromatic heterocycles. The minimum atomic E-state index is -0.443. The van der Waals surface area contributed by atoms with Crippen LogP contribution in [-0.2, 0) is 4.79 Å². The van der Waals surface area contributed by atoms with E-state index in [1.54, 1.807) is 5.51 Å². The normalized spacial score (nSPS) is 10.8. The van der Waals surface area contributed by atoms with Gasteiger partial charge in [0.25, 0.3) is 0 Å². The number of nitrogens with zero attached hydrogens (tertiary/aromatic N) is 2. The second-order valence-electron chi connectivity index (χ2n) is 4.66. The average molecular weight is 325 g/mol. The molecular weight excluding hydrogens is 313 g/mol. The molecule has 0 aliphatic rings. The third-order valence-electron chi connectivity index (χ3n) is 3.00. The first kappa shape index (κ1) is 15.1. The summed E-state index contributed by atoms with van der Waals surface area (Å²) in [5.41, 5.74) is 3.86. The lowest BCUT2D eigenvalue weighted by atomic mass is 10.2. The molecule has 23 heavy (non-hydrogen) atoms. The molecule has 0 radical (unpaired) electrons. The SMILES string of the molecule is O=C(C=Cc1cncc(F)c1)Nc1scnc1-c1ccccc1. The summed E-state index contributed by atoms with van der Waals surface area (Å²) in [6.07, 6.45) is 5.44. The van der Waals surface area contributed by atoms with Crippen LogP contribution in [0, 0.1) is 5.82 Å². The fraction of sp³-hybridized carbons (Fsp3) is 0. The first-order valence-electron chi connectivity index (χ1n) is 6.81. The number of pyridine rings is 1. The second-order valence-corrected chi connectivity index (χ2v) is 5.51. The summed E-state index contributed by atoms with van der Waals surface area (Å²) >= 11 is 1.35. The van der Waals surface area contributed by atoms with Crippen LogP contribution in [0.15, 0.2) is 60.4 Å². The van der Waals surface area contributed by atoms with Crippen LogP contribution in [0.3, 0.4) is 0 Å². The van der Waals surface area contributed by atoms with E-state index >= 15 is 0 Å². The molecule has 6 heteroatoms. The van der Waals surface area contributed by atoms with Gasteiger partial charge in [0.15, 0.2) is 0 Å². The van der Waals surface area contributed by atoms with Gasteiger partial charge in [-0.05, 0) is 17.7 Å². The summed E-state index contributed by atoms with van der Waals surface area (Å²) in [5.74, 6) is -0.753. The van der Waals surface area contributed by atoms with Crippen LogP contribution in [0.2, 0.25) is 0 Å². The van der Waals surface area contributed by atoms with E-state index in [1.165, 1.54) is 35.8 Å². The van der Waals surface area contributed by atoms with Crippen molar-refractivity contribution in [2.45, 2.75) is 0 Å². The van der Waals surface area contributed by atoms with Gasteiger partial charge in [0.05, 0.1) is 11.7 Å². The zero-order valence-electron chi connectivity index (χ0n) is 11.9. The Morgan fingerprint density at radius 1 is 1.22 bits per heavy atom. The number of aromatic nitrogens is 2. The van der Waals surface area contributed by atoms with E-state index in [0.29, 0.717) is 10.6 Å². The molecule has 3 rings (SSSR count). The molecule has 0 spiro atoms. The number of hydrogen-bond donors (Lipinski definition) is 1. The molecular formula is C17H12FN3OS. The minimum absolute atomic E-state index is 0.310. The molecule has 0 saturated carbocycles. The van der Waals surface area contributed by atoms with Crippen molar-refractivity contribution >= 4 is 28.3 Å². The summed E-state index contributed by atoms with van der Waals surface area (Å²) < 4.78 is 13.0. The topological polar surface area (TPSA) is 54.9 Å². The monoisotopic (exact) mass is 325 g/mol. The maximum Gasteiger partial charge on any atom is 0.249 e. The van der Waals surface area contributed by atoms with Crippen molar-refractivity contribution < 1.29 is 9.18 Å². The molecule has 2 heterocycles. The van der Waals surface area contributed by atoms with Crippen molar-refractivity contribution in [3.05, 3.63) is 71.8 Å². The second kappa shape index (κ2) is 6.93. The summed E-state index contributed by atoms with van der Waals surface area (Å²) in [7, 11) is 0. The third-order valence-corrected chi connectivity index (χ3v) is 3.75. The van der Waals surface area contributed by atoms with E-state index in [9.17, 15) is 9.18 Å². The van der Waals surface area contributed by atoms with Gasteiger partial charge >= 0.3 is 0 Å². The highest BCUT2D eigenvalue weighted by atomic mass is 32.1. The van der Waals surface area contributed by atoms with E-state index < -0.39 is 5.82 Å². The number of nitrogens with one attached hydrogen (secondary N) is 1. The Hall–Kier alpha value is -2.86. The van der Waals surface area contributed by atoms with Crippen LogP contribution in [0.4, 0.5) is 9.39 Å². The van der Waals surface area contributed by atoms with Gasteiger partial charge in [-0.3, -0.25) is 9.78 Å². The maximum absolute atomic E-state index is 13.0. The predicted molar refractivity (Wildman–Crippen MR) is 89.4 cm³/mol. The summed E-state index contributed by atoms with van der Waals surface area (Å²) in [6, 6.07) is 10.9. The van der Waals surface area contributed by atoms with Gasteiger partial charge in [-0.25, -0.2) is 9.37 Å². The van der Waals surface area contributed by atoms with Gasteiger partial charge in [-0.15, -0.1) is 11.3 Å². The first-order chi connectivity index (χ1) is 11.2. The molecule has 4 nitrogen and oxygen atoms in total. The number of benzene rings is 1. The highest BCUT2D eigenvalue weighted by molar-refractivity contribution is 7.14. The molecule has 0 saturated heterocycles. The number of thiazole rings is 1. The lowest BCUT2D eigenvalue weighted by Gasteiger charge is -2.03. The molecule has 114 valence electrons. The molecule has 1 aromatic carbocycles. The van der Waals surface area contributed by atoms with Crippen LogP contribution in [-0.4, -0.2) is 15.9 Å². The Bertz CT molecular complexity index is 846. The van der Waals surface area contributed by atoms with E-state index in [4.69, 9.17) is 0 Å². The van der Waals surface area contributed by atoms with Crippen molar-refractivity contribution in [3.8, 4) is 11.3 Å². The smallest absolute Gasteiger partial charge is 0.249 e. The van der Waals surface area contributed by atoms with Crippen LogP contribution in [0.25, 0.3) is 17.3 Å². The fourth-order valence-corrected chi connectivity index (χ4v) is 2.69. The van der Waals surface area contributed by atoms with E-state index in [2.05, 4.69) is 15.3 Å². The van der Waals surface area contributed by atoms with Gasteiger partial charge in [0.1, 0.15) is 16.5 Å². The van der Waals surface area contributed by atoms with Crippen LogP contribution >= 0.6 is 11.3 Å². The Kier molecular flexibility index (Phi) is 4.54.